The molecule has 7 heteroatoms. The lowest BCUT2D eigenvalue weighted by molar-refractivity contribution is -0.123. The van der Waals surface area contributed by atoms with Crippen LogP contribution in [-0.4, -0.2) is 29.0 Å². The molecule has 1 saturated heterocycles. The van der Waals surface area contributed by atoms with E-state index in [4.69, 9.17) is 4.98 Å². The molecule has 2 unspecified atom stereocenters. The van der Waals surface area contributed by atoms with Crippen LogP contribution in [0.1, 0.15) is 30.1 Å². The van der Waals surface area contributed by atoms with Crippen molar-refractivity contribution >= 4 is 33.6 Å². The molecular formula is C22H22BrN5O. The summed E-state index contributed by atoms with van der Waals surface area (Å²) < 4.78 is 0.756. The lowest BCUT2D eigenvalue weighted by Gasteiger charge is -2.36. The lowest BCUT2D eigenvalue weighted by atomic mass is 10.0. The molecule has 4 rings (SSSR count). The molecule has 0 bridgehead atoms. The number of nitrogens with one attached hydrogen (secondary N) is 2. The number of aromatic nitrogens is 2. The summed E-state index contributed by atoms with van der Waals surface area (Å²) >= 11 is 3.57. The number of piperazine rings is 1. The van der Waals surface area contributed by atoms with E-state index in [2.05, 4.69) is 50.6 Å². The van der Waals surface area contributed by atoms with Crippen molar-refractivity contribution < 1.29 is 4.79 Å². The molecule has 0 radical (unpaired) electrons. The molecule has 6 nitrogen and oxygen atoms in total. The van der Waals surface area contributed by atoms with Gasteiger partial charge in [0.25, 0.3) is 0 Å². The van der Waals surface area contributed by atoms with Gasteiger partial charge in [0.15, 0.2) is 0 Å². The van der Waals surface area contributed by atoms with Gasteiger partial charge in [0.2, 0.25) is 11.9 Å². The molecule has 1 aromatic heterocycles. The largest absolute Gasteiger partial charge is 0.352 e. The fourth-order valence-electron chi connectivity index (χ4n) is 3.51. The molecule has 0 aliphatic carbocycles. The van der Waals surface area contributed by atoms with Gasteiger partial charge in [-0.05, 0) is 34.0 Å². The van der Waals surface area contributed by atoms with Crippen LogP contribution in [0.2, 0.25) is 0 Å². The van der Waals surface area contributed by atoms with Crippen LogP contribution in [0.4, 0.5) is 11.8 Å². The van der Waals surface area contributed by atoms with Crippen molar-refractivity contribution in [3.63, 3.8) is 0 Å². The molecule has 3 aromatic rings. The van der Waals surface area contributed by atoms with Crippen LogP contribution >= 0.6 is 15.9 Å². The Morgan fingerprint density at radius 3 is 2.55 bits per heavy atom. The van der Waals surface area contributed by atoms with Crippen LogP contribution in [0.5, 0.6) is 0 Å². The molecule has 0 saturated carbocycles. The van der Waals surface area contributed by atoms with Gasteiger partial charge < -0.3 is 15.5 Å². The van der Waals surface area contributed by atoms with Crippen molar-refractivity contribution in [2.75, 3.05) is 23.3 Å². The van der Waals surface area contributed by atoms with Crippen molar-refractivity contribution in [1.29, 1.82) is 0 Å². The van der Waals surface area contributed by atoms with E-state index < -0.39 is 6.04 Å². The number of nitrogens with zero attached hydrogens (tertiary/aromatic N) is 3. The molecule has 1 amide bonds. The van der Waals surface area contributed by atoms with Gasteiger partial charge in [-0.25, -0.2) is 4.98 Å². The first-order valence-electron chi connectivity index (χ1n) is 9.57. The van der Waals surface area contributed by atoms with E-state index in [-0.39, 0.29) is 11.9 Å². The highest BCUT2D eigenvalue weighted by Gasteiger charge is 2.33. The normalized spacial score (nSPS) is 17.5. The van der Waals surface area contributed by atoms with Crippen molar-refractivity contribution in [1.82, 2.24) is 15.3 Å². The maximum Gasteiger partial charge on any atom is 0.247 e. The Labute approximate surface area is 178 Å². The maximum atomic E-state index is 12.7. The number of hydrogen-bond acceptors (Lipinski definition) is 5. The molecule has 1 aliphatic heterocycles. The molecular weight excluding hydrogens is 430 g/mol. The monoisotopic (exact) mass is 451 g/mol. The van der Waals surface area contributed by atoms with Crippen molar-refractivity contribution in [3.8, 4) is 0 Å². The highest BCUT2D eigenvalue weighted by atomic mass is 79.9. The zero-order chi connectivity index (χ0) is 20.2. The van der Waals surface area contributed by atoms with Gasteiger partial charge in [-0.2, -0.15) is 4.98 Å². The van der Waals surface area contributed by atoms with Gasteiger partial charge in [0.1, 0.15) is 11.9 Å². The third-order valence-corrected chi connectivity index (χ3v) is 5.53. The summed E-state index contributed by atoms with van der Waals surface area (Å²) in [5.74, 6) is 1.20. The summed E-state index contributed by atoms with van der Waals surface area (Å²) in [6.45, 7) is 3.30. The van der Waals surface area contributed by atoms with E-state index in [9.17, 15) is 4.79 Å². The molecule has 29 heavy (non-hydrogen) atoms. The SMILES string of the molecule is CC(Nc1ncc(Br)c(N2CCNC(=O)C2c2ccccc2)n1)c1ccccc1. The predicted octanol–water partition coefficient (Wildman–Crippen LogP) is 4.09. The average molecular weight is 452 g/mol. The molecule has 2 heterocycles. The summed E-state index contributed by atoms with van der Waals surface area (Å²) in [6.07, 6.45) is 1.73. The maximum absolute atomic E-state index is 12.7. The van der Waals surface area contributed by atoms with Crippen molar-refractivity contribution in [2.24, 2.45) is 0 Å². The summed E-state index contributed by atoms with van der Waals surface area (Å²) in [5.41, 5.74) is 2.09. The van der Waals surface area contributed by atoms with Gasteiger partial charge in [-0.3, -0.25) is 4.79 Å². The van der Waals surface area contributed by atoms with Crippen molar-refractivity contribution in [3.05, 3.63) is 82.5 Å². The number of carbonyl (C=O) groups excluding carboxylic acids is 1. The first kappa shape index (κ1) is 19.4. The van der Waals surface area contributed by atoms with E-state index in [1.54, 1.807) is 6.20 Å². The molecule has 0 spiro atoms. The highest BCUT2D eigenvalue weighted by molar-refractivity contribution is 9.10. The summed E-state index contributed by atoms with van der Waals surface area (Å²) in [7, 11) is 0. The number of halogens is 1. The van der Waals surface area contributed by atoms with Crippen LogP contribution < -0.4 is 15.5 Å². The van der Waals surface area contributed by atoms with Crippen LogP contribution in [0.15, 0.2) is 71.3 Å². The minimum Gasteiger partial charge on any atom is -0.352 e. The fourth-order valence-corrected chi connectivity index (χ4v) is 3.93. The Kier molecular flexibility index (Phi) is 5.76. The Morgan fingerprint density at radius 1 is 1.14 bits per heavy atom. The number of amides is 1. The number of carbonyl (C=O) groups is 1. The van der Waals surface area contributed by atoms with Gasteiger partial charge in [0, 0.05) is 19.3 Å². The van der Waals surface area contributed by atoms with Gasteiger partial charge in [-0.15, -0.1) is 0 Å². The average Bonchev–Trinajstić information content (AvgIpc) is 2.76. The second-order valence-electron chi connectivity index (χ2n) is 6.94. The quantitative estimate of drug-likeness (QED) is 0.611. The molecule has 2 aromatic carbocycles. The number of hydrogen-bond donors (Lipinski definition) is 2. The Balaban J connectivity index is 1.65. The van der Waals surface area contributed by atoms with Crippen LogP contribution in [0.3, 0.4) is 0 Å². The highest BCUT2D eigenvalue weighted by Crippen LogP contribution is 2.33. The number of anilines is 2. The first-order valence-corrected chi connectivity index (χ1v) is 10.4. The van der Waals surface area contributed by atoms with Crippen LogP contribution in [0.25, 0.3) is 0 Å². The molecule has 1 aliphatic rings. The van der Waals surface area contributed by atoms with Gasteiger partial charge >= 0.3 is 0 Å². The minimum atomic E-state index is -0.435. The van der Waals surface area contributed by atoms with Crippen molar-refractivity contribution in [2.45, 2.75) is 19.0 Å². The zero-order valence-electron chi connectivity index (χ0n) is 16.0. The van der Waals surface area contributed by atoms with Gasteiger partial charge in [-0.1, -0.05) is 60.7 Å². The second kappa shape index (κ2) is 8.61. The number of benzene rings is 2. The Morgan fingerprint density at radius 2 is 1.83 bits per heavy atom. The smallest absolute Gasteiger partial charge is 0.247 e. The molecule has 148 valence electrons. The van der Waals surface area contributed by atoms with E-state index in [1.165, 1.54) is 0 Å². The number of rotatable bonds is 5. The topological polar surface area (TPSA) is 70.2 Å². The zero-order valence-corrected chi connectivity index (χ0v) is 17.6. The first-order chi connectivity index (χ1) is 14.1. The Bertz CT molecular complexity index is 983. The van der Waals surface area contributed by atoms with Crippen LogP contribution in [-0.2, 0) is 4.79 Å². The third kappa shape index (κ3) is 4.24. The lowest BCUT2D eigenvalue weighted by Crippen LogP contribution is -2.50. The van der Waals surface area contributed by atoms with Gasteiger partial charge in [0.05, 0.1) is 10.5 Å². The second-order valence-corrected chi connectivity index (χ2v) is 7.79. The minimum absolute atomic E-state index is 0.0277. The molecule has 1 fully saturated rings. The van der Waals surface area contributed by atoms with E-state index >= 15 is 0 Å². The van der Waals surface area contributed by atoms with Crippen LogP contribution in [0, 0.1) is 0 Å². The molecule has 2 atom stereocenters. The summed E-state index contributed by atoms with van der Waals surface area (Å²) in [5, 5.41) is 6.32. The fraction of sp³-hybridized carbons (Fsp3) is 0.227. The standard InChI is InChI=1S/C22H22BrN5O/c1-15(16-8-4-2-5-9-16)26-22-25-14-18(23)20(27-22)28-13-12-24-21(29)19(28)17-10-6-3-7-11-17/h2-11,14-15,19H,12-13H2,1H3,(H,24,29)(H,25,26,27). The van der Waals surface area contributed by atoms with E-state index in [1.807, 2.05) is 53.4 Å². The molecule has 2 N–H and O–H groups in total. The van der Waals surface area contributed by atoms with E-state index in [0.29, 0.717) is 24.9 Å². The predicted molar refractivity (Wildman–Crippen MR) is 118 cm³/mol. The Hall–Kier alpha value is -2.93. The summed E-state index contributed by atoms with van der Waals surface area (Å²) in [6, 6.07) is 19.5. The third-order valence-electron chi connectivity index (χ3n) is 4.97. The summed E-state index contributed by atoms with van der Waals surface area (Å²) in [4.78, 5) is 23.9. The van der Waals surface area contributed by atoms with E-state index in [0.717, 1.165) is 15.6 Å².